The summed E-state index contributed by atoms with van der Waals surface area (Å²) in [7, 11) is 0. The Labute approximate surface area is 177 Å². The second-order valence-electron chi connectivity index (χ2n) is 7.92. The molecule has 1 amide bonds. The van der Waals surface area contributed by atoms with Crippen molar-refractivity contribution in [2.24, 2.45) is 0 Å². The number of rotatable bonds is 6. The predicted octanol–water partition coefficient (Wildman–Crippen LogP) is 4.47. The Kier molecular flexibility index (Phi) is 6.29. The number of benzene rings is 2. The van der Waals surface area contributed by atoms with Gasteiger partial charge in [-0.1, -0.05) is 55.5 Å². The Bertz CT molecular complexity index is 1010. The highest BCUT2D eigenvalue weighted by Crippen LogP contribution is 2.28. The first kappa shape index (κ1) is 20.4. The fourth-order valence-electron chi connectivity index (χ4n) is 4.33. The number of aliphatic hydroxyl groups is 1. The quantitative estimate of drug-likeness (QED) is 0.637. The number of carbonyl (C=O) groups excluding carboxylic acids is 1. The molecule has 1 aromatic heterocycles. The van der Waals surface area contributed by atoms with Crippen LogP contribution < -0.4 is 10.2 Å². The zero-order valence-corrected chi connectivity index (χ0v) is 17.4. The molecule has 30 heavy (non-hydrogen) atoms. The first-order chi connectivity index (χ1) is 14.7. The van der Waals surface area contributed by atoms with Crippen molar-refractivity contribution < 1.29 is 9.90 Å². The van der Waals surface area contributed by atoms with Crippen molar-refractivity contribution >= 4 is 22.6 Å². The van der Waals surface area contributed by atoms with Gasteiger partial charge in [-0.2, -0.15) is 0 Å². The number of nitrogens with one attached hydrogen (secondary N) is 1. The van der Waals surface area contributed by atoms with E-state index in [4.69, 9.17) is 4.98 Å². The van der Waals surface area contributed by atoms with Crippen molar-refractivity contribution in [3.8, 4) is 0 Å². The molecule has 1 aliphatic rings. The SMILES string of the molecule is CCC(NC(=O)c1cc(N2CCCCC2CO)nc2ccccc12)c1ccccc1. The van der Waals surface area contributed by atoms with Crippen molar-refractivity contribution in [1.29, 1.82) is 0 Å². The van der Waals surface area contributed by atoms with E-state index in [9.17, 15) is 9.90 Å². The number of piperidine rings is 1. The number of aromatic nitrogens is 1. The summed E-state index contributed by atoms with van der Waals surface area (Å²) in [5.74, 6) is 0.675. The van der Waals surface area contributed by atoms with E-state index >= 15 is 0 Å². The van der Waals surface area contributed by atoms with Crippen molar-refractivity contribution in [2.45, 2.75) is 44.7 Å². The molecule has 5 nitrogen and oxygen atoms in total. The van der Waals surface area contributed by atoms with Gasteiger partial charge in [-0.3, -0.25) is 4.79 Å². The van der Waals surface area contributed by atoms with Gasteiger partial charge in [-0.15, -0.1) is 0 Å². The average molecular weight is 404 g/mol. The third-order valence-electron chi connectivity index (χ3n) is 5.99. The minimum absolute atomic E-state index is 0.0470. The third-order valence-corrected chi connectivity index (χ3v) is 5.99. The maximum Gasteiger partial charge on any atom is 0.252 e. The van der Waals surface area contributed by atoms with Crippen LogP contribution >= 0.6 is 0 Å². The number of anilines is 1. The van der Waals surface area contributed by atoms with Gasteiger partial charge in [-0.05, 0) is 43.4 Å². The van der Waals surface area contributed by atoms with Crippen LogP contribution in [0.1, 0.15) is 54.6 Å². The molecule has 0 aliphatic carbocycles. The molecule has 156 valence electrons. The Morgan fingerprint density at radius 2 is 1.93 bits per heavy atom. The lowest BCUT2D eigenvalue weighted by Crippen LogP contribution is -2.42. The summed E-state index contributed by atoms with van der Waals surface area (Å²) >= 11 is 0. The molecular formula is C25H29N3O2. The lowest BCUT2D eigenvalue weighted by molar-refractivity contribution is 0.0937. The van der Waals surface area contributed by atoms with Gasteiger partial charge in [0.05, 0.1) is 29.8 Å². The van der Waals surface area contributed by atoms with Crippen LogP contribution in [0.5, 0.6) is 0 Å². The maximum atomic E-state index is 13.4. The molecule has 0 radical (unpaired) electrons. The van der Waals surface area contributed by atoms with E-state index in [-0.39, 0.29) is 24.6 Å². The van der Waals surface area contributed by atoms with Gasteiger partial charge in [-0.25, -0.2) is 4.98 Å². The van der Waals surface area contributed by atoms with E-state index in [1.807, 2.05) is 60.7 Å². The van der Waals surface area contributed by atoms with Crippen molar-refractivity contribution in [1.82, 2.24) is 10.3 Å². The number of carbonyl (C=O) groups is 1. The first-order valence-corrected chi connectivity index (χ1v) is 10.8. The molecule has 0 spiro atoms. The van der Waals surface area contributed by atoms with Gasteiger partial charge in [0.2, 0.25) is 0 Å². The summed E-state index contributed by atoms with van der Waals surface area (Å²) in [4.78, 5) is 20.4. The van der Waals surface area contributed by atoms with Gasteiger partial charge in [0.15, 0.2) is 0 Å². The van der Waals surface area contributed by atoms with Crippen LogP contribution in [0.2, 0.25) is 0 Å². The Morgan fingerprint density at radius 1 is 1.17 bits per heavy atom. The molecule has 0 bridgehead atoms. The lowest BCUT2D eigenvalue weighted by Gasteiger charge is -2.36. The summed E-state index contributed by atoms with van der Waals surface area (Å²) in [6.45, 7) is 3.02. The largest absolute Gasteiger partial charge is 0.394 e. The fraction of sp³-hybridized carbons (Fsp3) is 0.360. The number of amides is 1. The summed E-state index contributed by atoms with van der Waals surface area (Å²) in [6, 6.07) is 19.7. The van der Waals surface area contributed by atoms with Crippen LogP contribution in [-0.2, 0) is 0 Å². The molecule has 2 N–H and O–H groups in total. The molecule has 1 saturated heterocycles. The maximum absolute atomic E-state index is 13.4. The highest BCUT2D eigenvalue weighted by molar-refractivity contribution is 6.07. The van der Waals surface area contributed by atoms with E-state index in [1.54, 1.807) is 0 Å². The number of para-hydroxylation sites is 1. The molecule has 2 atom stereocenters. The number of nitrogens with zero attached hydrogens (tertiary/aromatic N) is 2. The average Bonchev–Trinajstić information content (AvgIpc) is 2.82. The first-order valence-electron chi connectivity index (χ1n) is 10.8. The van der Waals surface area contributed by atoms with Crippen LogP contribution in [0.25, 0.3) is 10.9 Å². The number of aliphatic hydroxyl groups excluding tert-OH is 1. The van der Waals surface area contributed by atoms with Crippen molar-refractivity contribution in [3.63, 3.8) is 0 Å². The molecule has 2 heterocycles. The summed E-state index contributed by atoms with van der Waals surface area (Å²) < 4.78 is 0. The third kappa shape index (κ3) is 4.17. The zero-order chi connectivity index (χ0) is 20.9. The molecule has 2 aromatic carbocycles. The zero-order valence-electron chi connectivity index (χ0n) is 17.4. The fourth-order valence-corrected chi connectivity index (χ4v) is 4.33. The Hall–Kier alpha value is -2.92. The Balaban J connectivity index is 1.71. The molecule has 2 unspecified atom stereocenters. The molecule has 1 fully saturated rings. The van der Waals surface area contributed by atoms with E-state index in [0.717, 1.165) is 54.5 Å². The van der Waals surface area contributed by atoms with Crippen LogP contribution in [-0.4, -0.2) is 35.2 Å². The van der Waals surface area contributed by atoms with E-state index in [1.165, 1.54) is 0 Å². The molecule has 0 saturated carbocycles. The minimum Gasteiger partial charge on any atom is -0.394 e. The molecule has 1 aliphatic heterocycles. The topological polar surface area (TPSA) is 65.5 Å². The number of hydrogen-bond acceptors (Lipinski definition) is 4. The van der Waals surface area contributed by atoms with Gasteiger partial charge < -0.3 is 15.3 Å². The van der Waals surface area contributed by atoms with E-state index in [2.05, 4.69) is 17.1 Å². The highest BCUT2D eigenvalue weighted by atomic mass is 16.3. The number of hydrogen-bond donors (Lipinski definition) is 2. The molecule has 5 heteroatoms. The standard InChI is InChI=1S/C25H29N3O2/c1-2-22(18-10-4-3-5-11-18)27-25(30)21-16-24(26-23-14-7-6-13-20(21)23)28-15-9-8-12-19(28)17-29/h3-7,10-11,13-14,16,19,22,29H,2,8-9,12,15,17H2,1H3,(H,27,30). The Morgan fingerprint density at radius 3 is 2.70 bits per heavy atom. The summed E-state index contributed by atoms with van der Waals surface area (Å²) in [5.41, 5.74) is 2.53. The molecule has 4 rings (SSSR count). The molecule has 3 aromatic rings. The van der Waals surface area contributed by atoms with E-state index in [0.29, 0.717) is 5.56 Å². The van der Waals surface area contributed by atoms with Crippen molar-refractivity contribution in [2.75, 3.05) is 18.1 Å². The van der Waals surface area contributed by atoms with Crippen LogP contribution in [0, 0.1) is 0 Å². The van der Waals surface area contributed by atoms with Gasteiger partial charge in [0, 0.05) is 11.9 Å². The number of pyridine rings is 1. The lowest BCUT2D eigenvalue weighted by atomic mass is 10.0. The van der Waals surface area contributed by atoms with Crippen LogP contribution in [0.3, 0.4) is 0 Å². The summed E-state index contributed by atoms with van der Waals surface area (Å²) in [6.07, 6.45) is 3.93. The second kappa shape index (κ2) is 9.26. The number of fused-ring (bicyclic) bond motifs is 1. The highest BCUT2D eigenvalue weighted by Gasteiger charge is 2.25. The van der Waals surface area contributed by atoms with Gasteiger partial charge in [0.25, 0.3) is 5.91 Å². The second-order valence-corrected chi connectivity index (χ2v) is 7.92. The predicted molar refractivity (Wildman–Crippen MR) is 121 cm³/mol. The normalized spacial score (nSPS) is 17.7. The van der Waals surface area contributed by atoms with Crippen molar-refractivity contribution in [3.05, 3.63) is 71.8 Å². The minimum atomic E-state index is -0.0943. The monoisotopic (exact) mass is 403 g/mol. The van der Waals surface area contributed by atoms with Gasteiger partial charge in [0.1, 0.15) is 5.82 Å². The van der Waals surface area contributed by atoms with E-state index < -0.39 is 0 Å². The summed E-state index contributed by atoms with van der Waals surface area (Å²) in [5, 5.41) is 13.9. The van der Waals surface area contributed by atoms with Crippen LogP contribution in [0.4, 0.5) is 5.82 Å². The smallest absolute Gasteiger partial charge is 0.252 e. The van der Waals surface area contributed by atoms with Gasteiger partial charge >= 0.3 is 0 Å². The molecular weight excluding hydrogens is 374 g/mol. The van der Waals surface area contributed by atoms with Crippen LogP contribution in [0.15, 0.2) is 60.7 Å².